The molecule has 3 rings (SSSR count). The van der Waals surface area contributed by atoms with Crippen molar-refractivity contribution in [2.75, 3.05) is 45.1 Å². The van der Waals surface area contributed by atoms with Gasteiger partial charge in [-0.15, -0.1) is 0 Å². The normalized spacial score (nSPS) is 15.8. The smallest absolute Gasteiger partial charge is 0.230 e. The van der Waals surface area contributed by atoms with Gasteiger partial charge in [0.2, 0.25) is 5.91 Å². The number of carbonyl (C=O) groups excluding carboxylic acids is 1. The Balaban J connectivity index is 1.33. The van der Waals surface area contributed by atoms with E-state index in [-0.39, 0.29) is 5.91 Å². The summed E-state index contributed by atoms with van der Waals surface area (Å²) >= 11 is 1.43. The highest BCUT2D eigenvalue weighted by Crippen LogP contribution is 2.18. The van der Waals surface area contributed by atoms with Crippen molar-refractivity contribution in [2.24, 2.45) is 0 Å². The lowest BCUT2D eigenvalue weighted by Crippen LogP contribution is -2.38. The second kappa shape index (κ2) is 8.33. The van der Waals surface area contributed by atoms with Crippen LogP contribution in [0.25, 0.3) is 11.0 Å². The average Bonchev–Trinajstić information content (AvgIpc) is 3.01. The van der Waals surface area contributed by atoms with E-state index >= 15 is 0 Å². The van der Waals surface area contributed by atoms with E-state index in [0.29, 0.717) is 5.75 Å². The summed E-state index contributed by atoms with van der Waals surface area (Å²) in [4.78, 5) is 21.9. The van der Waals surface area contributed by atoms with Gasteiger partial charge in [-0.05, 0) is 25.1 Å². The van der Waals surface area contributed by atoms with Gasteiger partial charge in [-0.25, -0.2) is 4.98 Å². The van der Waals surface area contributed by atoms with Gasteiger partial charge >= 0.3 is 0 Å². The average molecular weight is 334 g/mol. The zero-order chi connectivity index (χ0) is 15.9. The lowest BCUT2D eigenvalue weighted by Gasteiger charge is -2.26. The summed E-state index contributed by atoms with van der Waals surface area (Å²) in [6.45, 7) is 5.37. The Hall–Kier alpha value is -1.57. The zero-order valence-corrected chi connectivity index (χ0v) is 13.9. The van der Waals surface area contributed by atoms with Crippen molar-refractivity contribution in [3.05, 3.63) is 24.3 Å². The second-order valence-electron chi connectivity index (χ2n) is 5.51. The van der Waals surface area contributed by atoms with E-state index in [4.69, 9.17) is 4.74 Å². The molecule has 1 aliphatic rings. The Bertz CT molecular complexity index is 607. The quantitative estimate of drug-likeness (QED) is 0.593. The number of benzene rings is 1. The first-order valence-electron chi connectivity index (χ1n) is 7.95. The molecule has 124 valence electrons. The number of hydrogen-bond acceptors (Lipinski definition) is 5. The fourth-order valence-corrected chi connectivity index (χ4v) is 3.25. The van der Waals surface area contributed by atoms with Crippen LogP contribution in [-0.4, -0.2) is 65.9 Å². The predicted octanol–water partition coefficient (Wildman–Crippen LogP) is 1.49. The van der Waals surface area contributed by atoms with Crippen LogP contribution in [0.3, 0.4) is 0 Å². The number of carbonyl (C=O) groups is 1. The molecule has 0 atom stereocenters. The van der Waals surface area contributed by atoms with Crippen molar-refractivity contribution in [2.45, 2.75) is 11.6 Å². The molecule has 1 aliphatic heterocycles. The molecular formula is C16H22N4O2S. The number of nitrogens with zero attached hydrogens (tertiary/aromatic N) is 2. The maximum atomic E-state index is 11.9. The molecule has 0 saturated carbocycles. The van der Waals surface area contributed by atoms with E-state index in [9.17, 15) is 4.79 Å². The topological polar surface area (TPSA) is 70.2 Å². The fraction of sp³-hybridized carbons (Fsp3) is 0.500. The highest BCUT2D eigenvalue weighted by Gasteiger charge is 2.10. The molecule has 0 unspecified atom stereocenters. The van der Waals surface area contributed by atoms with Crippen molar-refractivity contribution in [1.29, 1.82) is 0 Å². The van der Waals surface area contributed by atoms with Gasteiger partial charge in [0.05, 0.1) is 30.0 Å². The third kappa shape index (κ3) is 4.95. The molecule has 0 radical (unpaired) electrons. The number of nitrogens with one attached hydrogen (secondary N) is 2. The first-order valence-corrected chi connectivity index (χ1v) is 8.94. The largest absolute Gasteiger partial charge is 0.379 e. The number of morpholine rings is 1. The maximum absolute atomic E-state index is 11.9. The molecule has 2 N–H and O–H groups in total. The second-order valence-corrected chi connectivity index (χ2v) is 6.47. The lowest BCUT2D eigenvalue weighted by molar-refractivity contribution is -0.118. The molecular weight excluding hydrogens is 312 g/mol. The van der Waals surface area contributed by atoms with Crippen LogP contribution < -0.4 is 5.32 Å². The summed E-state index contributed by atoms with van der Waals surface area (Å²) in [7, 11) is 0. The summed E-state index contributed by atoms with van der Waals surface area (Å²) in [6, 6.07) is 7.87. The summed E-state index contributed by atoms with van der Waals surface area (Å²) in [5.41, 5.74) is 1.93. The standard InChI is InChI=1S/C16H22N4O2S/c21-15(17-6-3-7-20-8-10-22-11-9-20)12-23-16-18-13-4-1-2-5-14(13)19-16/h1-2,4-5H,3,6-12H2,(H,17,21)(H,18,19). The van der Waals surface area contributed by atoms with Gasteiger partial charge in [0.1, 0.15) is 0 Å². The fourth-order valence-electron chi connectivity index (χ4n) is 2.54. The number of imidazole rings is 1. The Kier molecular flexibility index (Phi) is 5.90. The van der Waals surface area contributed by atoms with Crippen molar-refractivity contribution in [3.8, 4) is 0 Å². The van der Waals surface area contributed by atoms with Crippen LogP contribution in [0.4, 0.5) is 0 Å². The molecule has 0 aliphatic carbocycles. The van der Waals surface area contributed by atoms with Crippen LogP contribution >= 0.6 is 11.8 Å². The van der Waals surface area contributed by atoms with Gasteiger partial charge in [0, 0.05) is 19.6 Å². The van der Waals surface area contributed by atoms with Crippen molar-refractivity contribution >= 4 is 28.7 Å². The molecule has 23 heavy (non-hydrogen) atoms. The minimum atomic E-state index is 0.0532. The summed E-state index contributed by atoms with van der Waals surface area (Å²) in [5.74, 6) is 0.439. The van der Waals surface area contributed by atoms with Crippen molar-refractivity contribution in [3.63, 3.8) is 0 Å². The Morgan fingerprint density at radius 3 is 3.00 bits per heavy atom. The first kappa shape index (κ1) is 16.3. The number of thioether (sulfide) groups is 1. The van der Waals surface area contributed by atoms with Crippen LogP contribution in [-0.2, 0) is 9.53 Å². The Morgan fingerprint density at radius 1 is 1.35 bits per heavy atom. The number of para-hydroxylation sites is 2. The van der Waals surface area contributed by atoms with E-state index in [1.165, 1.54) is 11.8 Å². The predicted molar refractivity (Wildman–Crippen MR) is 91.7 cm³/mol. The molecule has 2 heterocycles. The molecule has 2 aromatic rings. The van der Waals surface area contributed by atoms with Crippen molar-refractivity contribution < 1.29 is 9.53 Å². The Labute approximate surface area is 140 Å². The molecule has 1 aromatic heterocycles. The van der Waals surface area contributed by atoms with Crippen LogP contribution in [0.2, 0.25) is 0 Å². The van der Waals surface area contributed by atoms with Gasteiger partial charge < -0.3 is 15.0 Å². The molecule has 1 amide bonds. The zero-order valence-electron chi connectivity index (χ0n) is 13.1. The molecule has 6 nitrogen and oxygen atoms in total. The number of ether oxygens (including phenoxy) is 1. The minimum absolute atomic E-state index is 0.0532. The van der Waals surface area contributed by atoms with Crippen molar-refractivity contribution in [1.82, 2.24) is 20.2 Å². The maximum Gasteiger partial charge on any atom is 0.230 e. The van der Waals surface area contributed by atoms with Crippen LogP contribution in [0.1, 0.15) is 6.42 Å². The molecule has 0 bridgehead atoms. The Morgan fingerprint density at radius 2 is 2.17 bits per heavy atom. The summed E-state index contributed by atoms with van der Waals surface area (Å²) in [5, 5.41) is 3.75. The van der Waals surface area contributed by atoms with Gasteiger partial charge in [0.25, 0.3) is 0 Å². The number of aromatic amines is 1. The number of hydrogen-bond donors (Lipinski definition) is 2. The molecule has 1 saturated heterocycles. The third-order valence-corrected chi connectivity index (χ3v) is 4.66. The number of aromatic nitrogens is 2. The van der Waals surface area contributed by atoms with Crippen LogP contribution in [0, 0.1) is 0 Å². The number of fused-ring (bicyclic) bond motifs is 1. The van der Waals surface area contributed by atoms with E-state index < -0.39 is 0 Å². The van der Waals surface area contributed by atoms with Crippen LogP contribution in [0.5, 0.6) is 0 Å². The van der Waals surface area contributed by atoms with E-state index in [1.807, 2.05) is 24.3 Å². The summed E-state index contributed by atoms with van der Waals surface area (Å²) in [6.07, 6.45) is 0.973. The van der Waals surface area contributed by atoms with Gasteiger partial charge in [-0.1, -0.05) is 23.9 Å². The molecule has 0 spiro atoms. The van der Waals surface area contributed by atoms with Gasteiger partial charge in [0.15, 0.2) is 5.16 Å². The van der Waals surface area contributed by atoms with E-state index in [1.54, 1.807) is 0 Å². The lowest BCUT2D eigenvalue weighted by atomic mass is 10.3. The molecule has 1 fully saturated rings. The molecule has 1 aromatic carbocycles. The first-order chi connectivity index (χ1) is 11.3. The summed E-state index contributed by atoms with van der Waals surface area (Å²) < 4.78 is 5.32. The third-order valence-electron chi connectivity index (χ3n) is 3.78. The van der Waals surface area contributed by atoms with Crippen LogP contribution in [0.15, 0.2) is 29.4 Å². The number of H-pyrrole nitrogens is 1. The number of amides is 1. The SMILES string of the molecule is O=C(CSc1nc2ccccc2[nH]1)NCCCN1CCOCC1. The molecule has 7 heteroatoms. The van der Waals surface area contributed by atoms with E-state index in [2.05, 4.69) is 20.2 Å². The minimum Gasteiger partial charge on any atom is -0.379 e. The van der Waals surface area contributed by atoms with E-state index in [0.717, 1.165) is 62.0 Å². The highest BCUT2D eigenvalue weighted by molar-refractivity contribution is 7.99. The monoisotopic (exact) mass is 334 g/mol. The highest BCUT2D eigenvalue weighted by atomic mass is 32.2. The number of rotatable bonds is 7. The van der Waals surface area contributed by atoms with Gasteiger partial charge in [-0.2, -0.15) is 0 Å². The van der Waals surface area contributed by atoms with Gasteiger partial charge in [-0.3, -0.25) is 9.69 Å².